The van der Waals surface area contributed by atoms with Crippen molar-refractivity contribution < 1.29 is 9.21 Å². The van der Waals surface area contributed by atoms with Gasteiger partial charge < -0.3 is 4.42 Å². The van der Waals surface area contributed by atoms with Crippen LogP contribution in [0.5, 0.6) is 0 Å². The molecule has 0 spiro atoms. The van der Waals surface area contributed by atoms with Crippen LogP contribution in [0.25, 0.3) is 0 Å². The van der Waals surface area contributed by atoms with Gasteiger partial charge in [-0.3, -0.25) is 4.79 Å². The molecule has 0 fully saturated rings. The summed E-state index contributed by atoms with van der Waals surface area (Å²) >= 11 is 8.16. The van der Waals surface area contributed by atoms with Crippen LogP contribution in [0.1, 0.15) is 26.8 Å². The van der Waals surface area contributed by atoms with Crippen molar-refractivity contribution in [3.8, 4) is 0 Å². The second-order valence-electron chi connectivity index (χ2n) is 3.39. The summed E-state index contributed by atoms with van der Waals surface area (Å²) < 4.78 is 7.18. The van der Waals surface area contributed by atoms with Gasteiger partial charge in [-0.2, -0.15) is 0 Å². The second kappa shape index (κ2) is 4.47. The van der Waals surface area contributed by atoms with Crippen LogP contribution in [-0.4, -0.2) is 5.78 Å². The molecule has 0 aliphatic carbocycles. The predicted molar refractivity (Wildman–Crippen MR) is 71.3 cm³/mol. The summed E-state index contributed by atoms with van der Waals surface area (Å²) in [7, 11) is 0. The SMILES string of the molecule is Cc1cc(C(=O)c2cc(Br)c(Br)s2)c(C)o1. The summed E-state index contributed by atoms with van der Waals surface area (Å²) in [5.41, 5.74) is 0.638. The number of hydrogen-bond donors (Lipinski definition) is 0. The average Bonchev–Trinajstić information content (AvgIpc) is 2.70. The van der Waals surface area contributed by atoms with Crippen molar-refractivity contribution in [1.82, 2.24) is 0 Å². The summed E-state index contributed by atoms with van der Waals surface area (Å²) in [6, 6.07) is 3.60. The van der Waals surface area contributed by atoms with Crippen LogP contribution < -0.4 is 0 Å². The number of thiophene rings is 1. The molecule has 0 aliphatic rings. The first-order chi connectivity index (χ1) is 7.49. The molecule has 0 aliphatic heterocycles. The van der Waals surface area contributed by atoms with E-state index < -0.39 is 0 Å². The molecule has 0 saturated carbocycles. The molecule has 2 heterocycles. The van der Waals surface area contributed by atoms with E-state index in [0.717, 1.165) is 14.0 Å². The van der Waals surface area contributed by atoms with Crippen molar-refractivity contribution in [1.29, 1.82) is 0 Å². The Kier molecular flexibility index (Phi) is 3.37. The highest BCUT2D eigenvalue weighted by Crippen LogP contribution is 2.34. The van der Waals surface area contributed by atoms with Crippen molar-refractivity contribution in [2.24, 2.45) is 0 Å². The molecule has 5 heteroatoms. The normalized spacial score (nSPS) is 10.8. The molecule has 0 radical (unpaired) electrons. The van der Waals surface area contributed by atoms with E-state index in [1.807, 2.05) is 13.0 Å². The summed E-state index contributed by atoms with van der Waals surface area (Å²) in [5.74, 6) is 1.43. The first kappa shape index (κ1) is 12.1. The van der Waals surface area contributed by atoms with E-state index in [1.54, 1.807) is 13.0 Å². The van der Waals surface area contributed by atoms with Crippen LogP contribution in [0, 0.1) is 13.8 Å². The van der Waals surface area contributed by atoms with Crippen LogP contribution in [0.4, 0.5) is 0 Å². The van der Waals surface area contributed by atoms with Crippen molar-refractivity contribution in [3.63, 3.8) is 0 Å². The number of ketones is 1. The Morgan fingerprint density at radius 1 is 1.31 bits per heavy atom. The Morgan fingerprint density at radius 3 is 2.44 bits per heavy atom. The molecule has 0 saturated heterocycles. The van der Waals surface area contributed by atoms with Gasteiger partial charge in [-0.1, -0.05) is 0 Å². The molecular formula is C11H8Br2O2S. The first-order valence-electron chi connectivity index (χ1n) is 4.55. The molecule has 2 rings (SSSR count). The highest BCUT2D eigenvalue weighted by Gasteiger charge is 2.18. The summed E-state index contributed by atoms with van der Waals surface area (Å²) in [6.45, 7) is 3.64. The lowest BCUT2D eigenvalue weighted by Crippen LogP contribution is -1.98. The third-order valence-electron chi connectivity index (χ3n) is 2.15. The number of halogens is 2. The van der Waals surface area contributed by atoms with E-state index in [-0.39, 0.29) is 5.78 Å². The predicted octanol–water partition coefficient (Wildman–Crippen LogP) is 4.71. The number of carbonyl (C=O) groups is 1. The number of furan rings is 1. The minimum Gasteiger partial charge on any atom is -0.466 e. The van der Waals surface area contributed by atoms with E-state index >= 15 is 0 Å². The number of rotatable bonds is 2. The highest BCUT2D eigenvalue weighted by atomic mass is 79.9. The van der Waals surface area contributed by atoms with Crippen molar-refractivity contribution in [2.45, 2.75) is 13.8 Å². The van der Waals surface area contributed by atoms with E-state index in [2.05, 4.69) is 31.9 Å². The molecule has 0 bridgehead atoms. The van der Waals surface area contributed by atoms with Gasteiger partial charge in [0.05, 0.1) is 14.2 Å². The zero-order valence-electron chi connectivity index (χ0n) is 8.64. The zero-order valence-corrected chi connectivity index (χ0v) is 12.6. The van der Waals surface area contributed by atoms with Crippen LogP contribution in [-0.2, 0) is 0 Å². The molecule has 16 heavy (non-hydrogen) atoms. The molecule has 84 valence electrons. The maximum atomic E-state index is 12.2. The smallest absolute Gasteiger partial charge is 0.206 e. The largest absolute Gasteiger partial charge is 0.466 e. The highest BCUT2D eigenvalue weighted by molar-refractivity contribution is 9.13. The first-order valence-corrected chi connectivity index (χ1v) is 6.96. The summed E-state index contributed by atoms with van der Waals surface area (Å²) in [5, 5.41) is 0. The second-order valence-corrected chi connectivity index (χ2v) is 6.61. The van der Waals surface area contributed by atoms with Crippen LogP contribution in [0.15, 0.2) is 24.8 Å². The van der Waals surface area contributed by atoms with Gasteiger partial charge in [-0.15, -0.1) is 11.3 Å². The van der Waals surface area contributed by atoms with Crippen LogP contribution in [0.2, 0.25) is 0 Å². The average molecular weight is 364 g/mol. The Hall–Kier alpha value is -0.390. The number of hydrogen-bond acceptors (Lipinski definition) is 3. The molecule has 2 aromatic rings. The topological polar surface area (TPSA) is 30.2 Å². The van der Waals surface area contributed by atoms with E-state index in [0.29, 0.717) is 16.2 Å². The monoisotopic (exact) mass is 362 g/mol. The van der Waals surface area contributed by atoms with Crippen molar-refractivity contribution in [2.75, 3.05) is 0 Å². The van der Waals surface area contributed by atoms with E-state index in [1.165, 1.54) is 11.3 Å². The Morgan fingerprint density at radius 2 is 2.00 bits per heavy atom. The molecule has 0 atom stereocenters. The summed E-state index contributed by atoms with van der Waals surface area (Å²) in [6.07, 6.45) is 0. The summed E-state index contributed by atoms with van der Waals surface area (Å²) in [4.78, 5) is 12.9. The zero-order chi connectivity index (χ0) is 11.9. The fourth-order valence-electron chi connectivity index (χ4n) is 1.45. The van der Waals surface area contributed by atoms with Gasteiger partial charge in [0.15, 0.2) is 0 Å². The van der Waals surface area contributed by atoms with Gasteiger partial charge in [0, 0.05) is 4.47 Å². The lowest BCUT2D eigenvalue weighted by molar-refractivity contribution is 0.104. The van der Waals surface area contributed by atoms with Gasteiger partial charge in [0.25, 0.3) is 0 Å². The maximum Gasteiger partial charge on any atom is 0.206 e. The molecule has 2 nitrogen and oxygen atoms in total. The van der Waals surface area contributed by atoms with Gasteiger partial charge in [-0.25, -0.2) is 0 Å². The van der Waals surface area contributed by atoms with Crippen LogP contribution in [0.3, 0.4) is 0 Å². The molecule has 0 amide bonds. The minimum absolute atomic E-state index is 0.00532. The van der Waals surface area contributed by atoms with Gasteiger partial charge >= 0.3 is 0 Å². The molecule has 0 N–H and O–H groups in total. The van der Waals surface area contributed by atoms with E-state index in [9.17, 15) is 4.79 Å². The third-order valence-corrected chi connectivity index (χ3v) is 5.41. The minimum atomic E-state index is 0.00532. The fraction of sp³-hybridized carbons (Fsp3) is 0.182. The van der Waals surface area contributed by atoms with Crippen molar-refractivity contribution >= 4 is 49.0 Å². The third kappa shape index (κ3) is 2.17. The molecule has 2 aromatic heterocycles. The van der Waals surface area contributed by atoms with Gasteiger partial charge in [0.2, 0.25) is 5.78 Å². The Labute approximate surface area is 114 Å². The maximum absolute atomic E-state index is 12.2. The van der Waals surface area contributed by atoms with Gasteiger partial charge in [0.1, 0.15) is 11.5 Å². The van der Waals surface area contributed by atoms with Crippen LogP contribution >= 0.6 is 43.2 Å². The lowest BCUT2D eigenvalue weighted by atomic mass is 10.1. The van der Waals surface area contributed by atoms with Crippen molar-refractivity contribution in [3.05, 3.63) is 42.4 Å². The molecule has 0 aromatic carbocycles. The number of carbonyl (C=O) groups excluding carboxylic acids is 1. The molecule has 0 unspecified atom stereocenters. The van der Waals surface area contributed by atoms with Gasteiger partial charge in [-0.05, 0) is 57.8 Å². The quantitative estimate of drug-likeness (QED) is 0.723. The Balaban J connectivity index is 2.42. The number of aryl methyl sites for hydroxylation is 2. The van der Waals surface area contributed by atoms with E-state index in [4.69, 9.17) is 4.42 Å². The Bertz CT molecular complexity index is 535. The molecular weight excluding hydrogens is 356 g/mol. The standard InChI is InChI=1S/C11H8Br2O2S/c1-5-3-7(6(2)15-5)10(14)9-4-8(12)11(13)16-9/h3-4H,1-2H3. The fourth-order valence-corrected chi connectivity index (χ4v) is 3.44. The lowest BCUT2D eigenvalue weighted by Gasteiger charge is -1.93.